The first-order valence-electron chi connectivity index (χ1n) is 7.17. The standard InChI is InChI=1S/C16H17N3O2S2/c1-9-6-11(10(2)19(9)3)13(20)7-22-8-14-17-12-4-5-23-15(12)16(21)18-14/h4-6H,7-8H2,1-3H3,(H,17,18,21). The number of H-pyrrole nitrogens is 1. The zero-order valence-electron chi connectivity index (χ0n) is 13.2. The number of aromatic nitrogens is 3. The lowest BCUT2D eigenvalue weighted by Crippen LogP contribution is -2.10. The van der Waals surface area contributed by atoms with Crippen LogP contribution in [0.25, 0.3) is 10.2 Å². The van der Waals surface area contributed by atoms with Crippen LogP contribution in [0.1, 0.15) is 27.6 Å². The van der Waals surface area contributed by atoms with Crippen LogP contribution in [0.4, 0.5) is 0 Å². The highest BCUT2D eigenvalue weighted by atomic mass is 32.2. The third-order valence-electron chi connectivity index (χ3n) is 3.91. The molecule has 0 saturated heterocycles. The largest absolute Gasteiger partial charge is 0.351 e. The predicted octanol–water partition coefficient (Wildman–Crippen LogP) is 3.06. The highest BCUT2D eigenvalue weighted by Gasteiger charge is 2.14. The van der Waals surface area contributed by atoms with E-state index in [0.717, 1.165) is 22.5 Å². The first-order chi connectivity index (χ1) is 11.0. The molecule has 3 aromatic heterocycles. The van der Waals surface area contributed by atoms with Crippen molar-refractivity contribution in [2.75, 3.05) is 5.75 Å². The topological polar surface area (TPSA) is 67.8 Å². The van der Waals surface area contributed by atoms with Gasteiger partial charge in [-0.1, -0.05) is 0 Å². The van der Waals surface area contributed by atoms with E-state index in [1.54, 1.807) is 0 Å². The molecule has 0 aliphatic heterocycles. The molecule has 0 saturated carbocycles. The van der Waals surface area contributed by atoms with Crippen molar-refractivity contribution in [2.45, 2.75) is 19.6 Å². The normalized spacial score (nSPS) is 11.3. The van der Waals surface area contributed by atoms with Gasteiger partial charge in [-0.2, -0.15) is 0 Å². The summed E-state index contributed by atoms with van der Waals surface area (Å²) in [6.45, 7) is 3.94. The lowest BCUT2D eigenvalue weighted by Gasteiger charge is -2.03. The Morgan fingerprint density at radius 2 is 2.22 bits per heavy atom. The maximum absolute atomic E-state index is 12.3. The van der Waals surface area contributed by atoms with Crippen LogP contribution in [0.2, 0.25) is 0 Å². The van der Waals surface area contributed by atoms with Crippen molar-refractivity contribution in [1.82, 2.24) is 14.5 Å². The molecule has 1 N–H and O–H groups in total. The minimum atomic E-state index is -0.110. The zero-order chi connectivity index (χ0) is 16.6. The first kappa shape index (κ1) is 16.0. The molecule has 0 unspecified atom stereocenters. The number of hydrogen-bond donors (Lipinski definition) is 1. The van der Waals surface area contributed by atoms with Gasteiger partial charge in [-0.15, -0.1) is 23.1 Å². The Kier molecular flexibility index (Phi) is 4.41. The van der Waals surface area contributed by atoms with Crippen molar-refractivity contribution < 1.29 is 4.79 Å². The Bertz CT molecular complexity index is 937. The zero-order valence-corrected chi connectivity index (χ0v) is 14.8. The minimum Gasteiger partial charge on any atom is -0.351 e. The number of carbonyl (C=O) groups excluding carboxylic acids is 1. The first-order valence-corrected chi connectivity index (χ1v) is 9.21. The van der Waals surface area contributed by atoms with Gasteiger partial charge in [0, 0.05) is 24.0 Å². The second kappa shape index (κ2) is 6.33. The number of fused-ring (bicyclic) bond motifs is 1. The summed E-state index contributed by atoms with van der Waals surface area (Å²) in [5.41, 5.74) is 3.44. The van der Waals surface area contributed by atoms with Gasteiger partial charge in [0.05, 0.1) is 17.0 Å². The lowest BCUT2D eigenvalue weighted by molar-refractivity contribution is 0.102. The third-order valence-corrected chi connectivity index (χ3v) is 5.76. The molecule has 0 aliphatic carbocycles. The molecular weight excluding hydrogens is 330 g/mol. The minimum absolute atomic E-state index is 0.107. The van der Waals surface area contributed by atoms with Gasteiger partial charge in [0.2, 0.25) is 0 Å². The van der Waals surface area contributed by atoms with Crippen molar-refractivity contribution in [3.05, 3.63) is 50.6 Å². The van der Waals surface area contributed by atoms with E-state index in [1.807, 2.05) is 43.0 Å². The Morgan fingerprint density at radius 3 is 2.91 bits per heavy atom. The monoisotopic (exact) mass is 347 g/mol. The number of carbonyl (C=O) groups is 1. The number of aryl methyl sites for hydroxylation is 1. The van der Waals surface area contributed by atoms with Crippen molar-refractivity contribution in [1.29, 1.82) is 0 Å². The van der Waals surface area contributed by atoms with E-state index in [-0.39, 0.29) is 11.3 Å². The van der Waals surface area contributed by atoms with Crippen LogP contribution in [-0.4, -0.2) is 26.1 Å². The molecule has 0 aromatic carbocycles. The Morgan fingerprint density at radius 1 is 1.43 bits per heavy atom. The molecular formula is C16H17N3O2S2. The van der Waals surface area contributed by atoms with Crippen LogP contribution in [0.3, 0.4) is 0 Å². The number of ketones is 1. The average Bonchev–Trinajstić information content (AvgIpc) is 3.08. The van der Waals surface area contributed by atoms with Crippen LogP contribution in [0.5, 0.6) is 0 Å². The summed E-state index contributed by atoms with van der Waals surface area (Å²) >= 11 is 2.85. The molecule has 0 radical (unpaired) electrons. The fraction of sp³-hybridized carbons (Fsp3) is 0.312. The fourth-order valence-corrected chi connectivity index (χ4v) is 3.94. The van der Waals surface area contributed by atoms with Gasteiger partial charge in [0.25, 0.3) is 5.56 Å². The van der Waals surface area contributed by atoms with Crippen molar-refractivity contribution in [3.63, 3.8) is 0 Å². The van der Waals surface area contributed by atoms with Gasteiger partial charge < -0.3 is 9.55 Å². The summed E-state index contributed by atoms with van der Waals surface area (Å²) in [5.74, 6) is 1.60. The summed E-state index contributed by atoms with van der Waals surface area (Å²) in [6.07, 6.45) is 0. The van der Waals surface area contributed by atoms with E-state index in [2.05, 4.69) is 9.97 Å². The summed E-state index contributed by atoms with van der Waals surface area (Å²) in [4.78, 5) is 31.4. The number of aromatic amines is 1. The van der Waals surface area contributed by atoms with E-state index in [0.29, 0.717) is 22.0 Å². The molecule has 0 fully saturated rings. The third kappa shape index (κ3) is 3.11. The number of Topliss-reactive ketones (excluding diaryl/α,β-unsaturated/α-hetero) is 1. The number of rotatable bonds is 5. The van der Waals surface area contributed by atoms with Gasteiger partial charge >= 0.3 is 0 Å². The molecule has 0 amide bonds. The highest BCUT2D eigenvalue weighted by molar-refractivity contribution is 7.99. The average molecular weight is 347 g/mol. The number of thioether (sulfide) groups is 1. The number of nitrogens with one attached hydrogen (secondary N) is 1. The van der Waals surface area contributed by atoms with Gasteiger partial charge in [-0.05, 0) is 31.4 Å². The van der Waals surface area contributed by atoms with Gasteiger partial charge in [0.15, 0.2) is 5.78 Å². The maximum Gasteiger partial charge on any atom is 0.268 e. The smallest absolute Gasteiger partial charge is 0.268 e. The Hall–Kier alpha value is -1.86. The Balaban J connectivity index is 1.67. The lowest BCUT2D eigenvalue weighted by atomic mass is 10.2. The summed E-state index contributed by atoms with van der Waals surface area (Å²) in [5, 5.41) is 1.86. The molecule has 7 heteroatoms. The fourth-order valence-electron chi connectivity index (χ4n) is 2.45. The van der Waals surface area contributed by atoms with Crippen LogP contribution < -0.4 is 5.56 Å². The van der Waals surface area contributed by atoms with E-state index >= 15 is 0 Å². The van der Waals surface area contributed by atoms with Crippen molar-refractivity contribution >= 4 is 39.1 Å². The number of thiophene rings is 1. The quantitative estimate of drug-likeness (QED) is 0.720. The second-order valence-corrected chi connectivity index (χ2v) is 7.31. The molecule has 120 valence electrons. The van der Waals surface area contributed by atoms with Crippen LogP contribution in [-0.2, 0) is 12.8 Å². The molecule has 3 rings (SSSR count). The summed E-state index contributed by atoms with van der Waals surface area (Å²) in [6, 6.07) is 3.76. The van der Waals surface area contributed by atoms with Crippen molar-refractivity contribution in [2.24, 2.45) is 7.05 Å². The summed E-state index contributed by atoms with van der Waals surface area (Å²) < 4.78 is 2.66. The van der Waals surface area contributed by atoms with E-state index in [1.165, 1.54) is 23.1 Å². The predicted molar refractivity (Wildman–Crippen MR) is 95.6 cm³/mol. The summed E-state index contributed by atoms with van der Waals surface area (Å²) in [7, 11) is 1.96. The van der Waals surface area contributed by atoms with Crippen LogP contribution in [0, 0.1) is 13.8 Å². The van der Waals surface area contributed by atoms with Gasteiger partial charge in [-0.25, -0.2) is 4.98 Å². The van der Waals surface area contributed by atoms with Crippen LogP contribution >= 0.6 is 23.1 Å². The SMILES string of the molecule is Cc1cc(C(=O)CSCc2nc3ccsc3c(=O)[nH]2)c(C)n1C. The maximum atomic E-state index is 12.3. The van der Waals surface area contributed by atoms with E-state index < -0.39 is 0 Å². The van der Waals surface area contributed by atoms with E-state index in [9.17, 15) is 9.59 Å². The molecule has 0 atom stereocenters. The molecule has 3 heterocycles. The molecule has 0 aliphatic rings. The van der Waals surface area contributed by atoms with Crippen molar-refractivity contribution in [3.8, 4) is 0 Å². The molecule has 5 nitrogen and oxygen atoms in total. The molecule has 23 heavy (non-hydrogen) atoms. The number of nitrogens with zero attached hydrogens (tertiary/aromatic N) is 2. The van der Waals surface area contributed by atoms with E-state index in [4.69, 9.17) is 0 Å². The number of hydrogen-bond acceptors (Lipinski definition) is 5. The highest BCUT2D eigenvalue weighted by Crippen LogP contribution is 2.19. The molecule has 3 aromatic rings. The molecule has 0 spiro atoms. The molecule has 0 bridgehead atoms. The van der Waals surface area contributed by atoms with Crippen LogP contribution in [0.15, 0.2) is 22.3 Å². The van der Waals surface area contributed by atoms with Gasteiger partial charge in [-0.3, -0.25) is 9.59 Å². The van der Waals surface area contributed by atoms with Gasteiger partial charge in [0.1, 0.15) is 10.5 Å². The Labute approximate surface area is 141 Å². The second-order valence-electron chi connectivity index (χ2n) is 5.41.